The number of carbonyl (C=O) groups excluding carboxylic acids is 1. The number of nitrogens with two attached hydrogens (primary N) is 1. The van der Waals surface area contributed by atoms with Gasteiger partial charge in [-0.15, -0.1) is 0 Å². The molecule has 1 aromatic carbocycles. The van der Waals surface area contributed by atoms with Crippen molar-refractivity contribution in [3.05, 3.63) is 29.8 Å². The molecule has 0 spiro atoms. The van der Waals surface area contributed by atoms with Crippen molar-refractivity contribution in [2.24, 2.45) is 5.73 Å². The second kappa shape index (κ2) is 4.23. The van der Waals surface area contributed by atoms with Gasteiger partial charge in [0, 0.05) is 31.5 Å². The molecule has 1 heterocycles. The van der Waals surface area contributed by atoms with Crippen LogP contribution in [-0.4, -0.2) is 30.6 Å². The Kier molecular flexibility index (Phi) is 2.78. The molecule has 1 aliphatic carbocycles. The summed E-state index contributed by atoms with van der Waals surface area (Å²) in [4.78, 5) is 11.6. The number of nitrogens with zero attached hydrogens (tertiary/aromatic N) is 2. The van der Waals surface area contributed by atoms with E-state index in [1.54, 1.807) is 5.01 Å². The molecular weight excluding hydrogens is 238 g/mol. The highest BCUT2D eigenvalue weighted by atomic mass is 16.2. The second-order valence-electron chi connectivity index (χ2n) is 5.78. The first-order valence-corrected chi connectivity index (χ1v) is 6.95. The molecule has 1 aromatic rings. The monoisotopic (exact) mass is 259 g/mol. The van der Waals surface area contributed by atoms with Gasteiger partial charge in [-0.1, -0.05) is 12.1 Å². The smallest absolute Gasteiger partial charge is 0.242 e. The summed E-state index contributed by atoms with van der Waals surface area (Å²) in [6, 6.07) is 8.75. The molecule has 1 unspecified atom stereocenters. The van der Waals surface area contributed by atoms with E-state index in [2.05, 4.69) is 31.2 Å². The fourth-order valence-corrected chi connectivity index (χ4v) is 3.06. The molecule has 1 atom stereocenters. The predicted molar refractivity (Wildman–Crippen MR) is 75.7 cm³/mol. The van der Waals surface area contributed by atoms with E-state index >= 15 is 0 Å². The van der Waals surface area contributed by atoms with E-state index in [9.17, 15) is 4.79 Å². The third kappa shape index (κ3) is 1.91. The number of amides is 1. The van der Waals surface area contributed by atoms with E-state index < -0.39 is 0 Å². The van der Waals surface area contributed by atoms with Crippen LogP contribution in [0.3, 0.4) is 0 Å². The Morgan fingerprint density at radius 1 is 1.26 bits per heavy atom. The highest BCUT2D eigenvalue weighted by Gasteiger charge is 2.47. The van der Waals surface area contributed by atoms with Crippen LogP contribution in [0.5, 0.6) is 0 Å². The molecule has 1 saturated heterocycles. The SMILES string of the molecule is CC(N)C1(c2ccc(N3CCC(=O)N3C)cc2)CC1. The van der Waals surface area contributed by atoms with Crippen LogP contribution in [0, 0.1) is 0 Å². The second-order valence-corrected chi connectivity index (χ2v) is 5.78. The fourth-order valence-electron chi connectivity index (χ4n) is 3.06. The van der Waals surface area contributed by atoms with Gasteiger partial charge in [-0.2, -0.15) is 0 Å². The number of rotatable bonds is 3. The van der Waals surface area contributed by atoms with Gasteiger partial charge in [-0.3, -0.25) is 14.8 Å². The Balaban J connectivity index is 1.82. The standard InChI is InChI=1S/C15H21N3O/c1-11(16)15(8-9-15)12-3-5-13(6-4-12)18-10-7-14(19)17(18)2/h3-6,11H,7-10,16H2,1-2H3. The van der Waals surface area contributed by atoms with Gasteiger partial charge in [0.15, 0.2) is 0 Å². The molecule has 1 aliphatic heterocycles. The Hall–Kier alpha value is -1.55. The van der Waals surface area contributed by atoms with Gasteiger partial charge in [-0.25, -0.2) is 0 Å². The van der Waals surface area contributed by atoms with Crippen LogP contribution in [0.25, 0.3) is 0 Å². The predicted octanol–water partition coefficient (Wildman–Crippen LogP) is 1.65. The Labute approximate surface area is 114 Å². The van der Waals surface area contributed by atoms with Crippen LogP contribution < -0.4 is 10.7 Å². The van der Waals surface area contributed by atoms with E-state index in [1.807, 2.05) is 12.1 Å². The summed E-state index contributed by atoms with van der Waals surface area (Å²) in [5.74, 6) is 0.179. The molecule has 102 valence electrons. The quantitative estimate of drug-likeness (QED) is 0.898. The van der Waals surface area contributed by atoms with E-state index in [1.165, 1.54) is 18.4 Å². The van der Waals surface area contributed by atoms with Gasteiger partial charge in [0.05, 0.1) is 5.69 Å². The zero-order valence-corrected chi connectivity index (χ0v) is 11.6. The largest absolute Gasteiger partial charge is 0.327 e. The van der Waals surface area contributed by atoms with Crippen LogP contribution in [0.1, 0.15) is 31.7 Å². The molecule has 0 aromatic heterocycles. The first-order valence-electron chi connectivity index (χ1n) is 6.95. The summed E-state index contributed by atoms with van der Waals surface area (Å²) in [7, 11) is 1.83. The van der Waals surface area contributed by atoms with Crippen molar-refractivity contribution >= 4 is 11.6 Å². The Morgan fingerprint density at radius 2 is 1.89 bits per heavy atom. The van der Waals surface area contributed by atoms with Gasteiger partial charge < -0.3 is 5.73 Å². The molecule has 19 heavy (non-hydrogen) atoms. The van der Waals surface area contributed by atoms with E-state index in [4.69, 9.17) is 5.73 Å². The lowest BCUT2D eigenvalue weighted by Crippen LogP contribution is -2.35. The first-order chi connectivity index (χ1) is 9.04. The molecule has 1 amide bonds. The van der Waals surface area contributed by atoms with Crippen molar-refractivity contribution in [3.8, 4) is 0 Å². The van der Waals surface area contributed by atoms with Gasteiger partial charge in [-0.05, 0) is 37.5 Å². The van der Waals surface area contributed by atoms with E-state index in [-0.39, 0.29) is 17.4 Å². The molecule has 2 N–H and O–H groups in total. The maximum atomic E-state index is 11.6. The number of hydrazine groups is 1. The summed E-state index contributed by atoms with van der Waals surface area (Å²) in [6.07, 6.45) is 2.97. The zero-order chi connectivity index (χ0) is 13.6. The maximum absolute atomic E-state index is 11.6. The van der Waals surface area contributed by atoms with Crippen molar-refractivity contribution < 1.29 is 4.79 Å². The summed E-state index contributed by atoms with van der Waals surface area (Å²) >= 11 is 0. The zero-order valence-electron chi connectivity index (χ0n) is 11.6. The van der Waals surface area contributed by atoms with Crippen molar-refractivity contribution in [1.29, 1.82) is 0 Å². The van der Waals surface area contributed by atoms with Gasteiger partial charge in [0.1, 0.15) is 0 Å². The highest BCUT2D eigenvalue weighted by molar-refractivity contribution is 5.81. The average Bonchev–Trinajstić information content (AvgIpc) is 3.15. The van der Waals surface area contributed by atoms with Crippen molar-refractivity contribution in [2.75, 3.05) is 18.6 Å². The molecule has 0 radical (unpaired) electrons. The third-order valence-corrected chi connectivity index (χ3v) is 4.66. The molecular formula is C15H21N3O. The van der Waals surface area contributed by atoms with Crippen molar-refractivity contribution in [3.63, 3.8) is 0 Å². The van der Waals surface area contributed by atoms with Crippen LogP contribution in [0.15, 0.2) is 24.3 Å². The highest BCUT2D eigenvalue weighted by Crippen LogP contribution is 2.50. The minimum atomic E-state index is 0.179. The Morgan fingerprint density at radius 3 is 2.32 bits per heavy atom. The number of anilines is 1. The minimum absolute atomic E-state index is 0.179. The normalized spacial score (nSPS) is 22.8. The molecule has 2 aliphatic rings. The number of hydrogen-bond donors (Lipinski definition) is 1. The lowest BCUT2D eigenvalue weighted by atomic mass is 9.89. The van der Waals surface area contributed by atoms with Gasteiger partial charge in [0.25, 0.3) is 0 Å². The summed E-state index contributed by atoms with van der Waals surface area (Å²) in [6.45, 7) is 2.86. The number of carbonyl (C=O) groups is 1. The fraction of sp³-hybridized carbons (Fsp3) is 0.533. The topological polar surface area (TPSA) is 49.6 Å². The molecule has 1 saturated carbocycles. The molecule has 0 bridgehead atoms. The molecule has 4 heteroatoms. The minimum Gasteiger partial charge on any atom is -0.327 e. The molecule has 2 fully saturated rings. The Bertz CT molecular complexity index is 491. The van der Waals surface area contributed by atoms with Crippen LogP contribution in [-0.2, 0) is 10.2 Å². The summed E-state index contributed by atoms with van der Waals surface area (Å²) in [5, 5.41) is 3.73. The van der Waals surface area contributed by atoms with E-state index in [0.29, 0.717) is 6.42 Å². The summed E-state index contributed by atoms with van der Waals surface area (Å²) < 4.78 is 0. The third-order valence-electron chi connectivity index (χ3n) is 4.66. The van der Waals surface area contributed by atoms with Gasteiger partial charge in [0.2, 0.25) is 5.91 Å². The maximum Gasteiger partial charge on any atom is 0.242 e. The van der Waals surface area contributed by atoms with E-state index in [0.717, 1.165) is 12.2 Å². The lowest BCUT2D eigenvalue weighted by Gasteiger charge is -2.27. The first kappa shape index (κ1) is 12.5. The molecule has 4 nitrogen and oxygen atoms in total. The lowest BCUT2D eigenvalue weighted by molar-refractivity contribution is -0.126. The van der Waals surface area contributed by atoms with Crippen molar-refractivity contribution in [1.82, 2.24) is 5.01 Å². The van der Waals surface area contributed by atoms with Crippen molar-refractivity contribution in [2.45, 2.75) is 37.6 Å². The van der Waals surface area contributed by atoms with Crippen LogP contribution in [0.4, 0.5) is 5.69 Å². The number of benzene rings is 1. The molecule has 3 rings (SSSR count). The van der Waals surface area contributed by atoms with Crippen LogP contribution >= 0.6 is 0 Å². The number of hydrogen-bond acceptors (Lipinski definition) is 3. The average molecular weight is 259 g/mol. The summed E-state index contributed by atoms with van der Waals surface area (Å²) in [5.41, 5.74) is 8.72. The van der Waals surface area contributed by atoms with Gasteiger partial charge >= 0.3 is 0 Å². The van der Waals surface area contributed by atoms with Crippen LogP contribution in [0.2, 0.25) is 0 Å².